The van der Waals surface area contributed by atoms with Gasteiger partial charge in [-0.25, -0.2) is 8.42 Å². The average molecular weight is 459 g/mol. The Bertz CT molecular complexity index is 1000. The molecule has 1 saturated heterocycles. The third-order valence-corrected chi connectivity index (χ3v) is 8.31. The maximum atomic E-state index is 12.6. The molecule has 0 unspecified atom stereocenters. The fraction of sp³-hybridized carbons (Fsp3) is 0.353. The van der Waals surface area contributed by atoms with Crippen molar-refractivity contribution in [1.29, 1.82) is 0 Å². The lowest BCUT2D eigenvalue weighted by atomic mass is 10.2. The molecule has 29 heavy (non-hydrogen) atoms. The van der Waals surface area contributed by atoms with Crippen LogP contribution in [0.1, 0.15) is 6.92 Å². The normalized spacial score (nSPS) is 17.0. The van der Waals surface area contributed by atoms with Crippen LogP contribution in [0.15, 0.2) is 39.9 Å². The molecular weight excluding hydrogens is 440 g/mol. The fourth-order valence-corrected chi connectivity index (χ4v) is 5.73. The Balaban J connectivity index is 1.62. The van der Waals surface area contributed by atoms with E-state index in [1.165, 1.54) is 33.8 Å². The molecule has 0 spiro atoms. The van der Waals surface area contributed by atoms with Gasteiger partial charge in [-0.05, 0) is 24.4 Å². The molecule has 1 amide bonds. The zero-order valence-corrected chi connectivity index (χ0v) is 17.8. The molecule has 0 radical (unpaired) electrons. The summed E-state index contributed by atoms with van der Waals surface area (Å²) in [5, 5.41) is 15.5. The molecule has 0 saturated carbocycles. The molecule has 156 valence electrons. The van der Waals surface area contributed by atoms with Gasteiger partial charge in [0.2, 0.25) is 5.91 Å². The van der Waals surface area contributed by atoms with E-state index in [0.717, 1.165) is 0 Å². The number of nitro benzene ring substituents is 1. The number of sulfonamides is 1. The number of hydrogen-bond donors (Lipinski definition) is 1. The molecular formula is C17H19ClN4O5S2. The van der Waals surface area contributed by atoms with Crippen LogP contribution in [0.3, 0.4) is 0 Å². The first-order chi connectivity index (χ1) is 13.7. The third kappa shape index (κ3) is 4.75. The van der Waals surface area contributed by atoms with Crippen LogP contribution >= 0.6 is 22.9 Å². The molecule has 0 bridgehead atoms. The van der Waals surface area contributed by atoms with Crippen molar-refractivity contribution in [1.82, 2.24) is 9.21 Å². The Kier molecular flexibility index (Phi) is 6.54. The van der Waals surface area contributed by atoms with Crippen molar-refractivity contribution in [3.8, 4) is 0 Å². The number of halogens is 1. The topological polar surface area (TPSA) is 113 Å². The quantitative estimate of drug-likeness (QED) is 0.526. The molecule has 1 aliphatic rings. The summed E-state index contributed by atoms with van der Waals surface area (Å²) in [6, 6.07) is 6.53. The molecule has 9 nitrogen and oxygen atoms in total. The van der Waals surface area contributed by atoms with Gasteiger partial charge in [0.15, 0.2) is 0 Å². The van der Waals surface area contributed by atoms with Crippen molar-refractivity contribution in [3.63, 3.8) is 0 Å². The minimum absolute atomic E-state index is 0.164. The van der Waals surface area contributed by atoms with E-state index in [0.29, 0.717) is 17.3 Å². The summed E-state index contributed by atoms with van der Waals surface area (Å²) in [6.07, 6.45) is 0. The maximum absolute atomic E-state index is 12.6. The number of nitrogens with one attached hydrogen (secondary N) is 1. The third-order valence-electron chi connectivity index (χ3n) is 4.71. The van der Waals surface area contributed by atoms with Gasteiger partial charge in [0.05, 0.1) is 21.7 Å². The number of hydrogen-bond acceptors (Lipinski definition) is 7. The first kappa shape index (κ1) is 21.7. The van der Waals surface area contributed by atoms with Gasteiger partial charge in [-0.1, -0.05) is 17.7 Å². The van der Waals surface area contributed by atoms with E-state index in [1.807, 2.05) is 4.90 Å². The summed E-state index contributed by atoms with van der Waals surface area (Å²) in [5.74, 6) is -0.373. The van der Waals surface area contributed by atoms with Gasteiger partial charge in [0, 0.05) is 38.3 Å². The Hall–Kier alpha value is -2.05. The smallest absolute Gasteiger partial charge is 0.271 e. The predicted octanol–water partition coefficient (Wildman–Crippen LogP) is 2.64. The van der Waals surface area contributed by atoms with Gasteiger partial charge in [0.1, 0.15) is 4.21 Å². The lowest BCUT2D eigenvalue weighted by molar-refractivity contribution is -0.384. The molecule has 2 aromatic rings. The molecule has 3 rings (SSSR count). The average Bonchev–Trinajstić information content (AvgIpc) is 3.24. The molecule has 1 aromatic carbocycles. The minimum Gasteiger partial charge on any atom is -0.323 e. The van der Waals surface area contributed by atoms with E-state index >= 15 is 0 Å². The van der Waals surface area contributed by atoms with Gasteiger partial charge in [-0.3, -0.25) is 19.8 Å². The van der Waals surface area contributed by atoms with Gasteiger partial charge >= 0.3 is 0 Å². The summed E-state index contributed by atoms with van der Waals surface area (Å²) in [6.45, 7) is 3.03. The van der Waals surface area contributed by atoms with Gasteiger partial charge in [-0.2, -0.15) is 4.31 Å². The zero-order chi connectivity index (χ0) is 21.2. The number of rotatable bonds is 6. The van der Waals surface area contributed by atoms with Crippen LogP contribution in [0.25, 0.3) is 0 Å². The predicted molar refractivity (Wildman–Crippen MR) is 111 cm³/mol. The molecule has 12 heteroatoms. The number of amides is 1. The van der Waals surface area contributed by atoms with Crippen LogP contribution in [0, 0.1) is 10.1 Å². The van der Waals surface area contributed by atoms with Crippen molar-refractivity contribution in [3.05, 3.63) is 50.8 Å². The van der Waals surface area contributed by atoms with Crippen LogP contribution < -0.4 is 5.32 Å². The summed E-state index contributed by atoms with van der Waals surface area (Å²) in [7, 11) is -3.51. The lowest BCUT2D eigenvalue weighted by Gasteiger charge is -2.36. The van der Waals surface area contributed by atoms with Crippen molar-refractivity contribution >= 4 is 50.2 Å². The number of carbonyl (C=O) groups is 1. The molecule has 2 heterocycles. The molecule has 1 aliphatic heterocycles. The van der Waals surface area contributed by atoms with E-state index in [9.17, 15) is 23.3 Å². The molecule has 1 N–H and O–H groups in total. The highest BCUT2D eigenvalue weighted by atomic mass is 35.5. The molecule has 1 atom stereocenters. The van der Waals surface area contributed by atoms with Crippen LogP contribution in [-0.4, -0.2) is 60.7 Å². The van der Waals surface area contributed by atoms with Gasteiger partial charge < -0.3 is 5.32 Å². The Morgan fingerprint density at radius 3 is 2.55 bits per heavy atom. The van der Waals surface area contributed by atoms with Crippen molar-refractivity contribution in [2.75, 3.05) is 31.5 Å². The number of nitro groups is 1. The number of anilines is 1. The number of nitrogens with zero attached hydrogens (tertiary/aromatic N) is 3. The summed E-state index contributed by atoms with van der Waals surface area (Å²) < 4.78 is 26.9. The van der Waals surface area contributed by atoms with Gasteiger partial charge in [0.25, 0.3) is 15.7 Å². The largest absolute Gasteiger partial charge is 0.323 e. The van der Waals surface area contributed by atoms with E-state index in [4.69, 9.17) is 11.6 Å². The summed E-state index contributed by atoms with van der Waals surface area (Å²) in [5.41, 5.74) is -0.0126. The van der Waals surface area contributed by atoms with Crippen LogP contribution in [-0.2, 0) is 14.8 Å². The number of benzene rings is 1. The van der Waals surface area contributed by atoms with E-state index in [1.54, 1.807) is 24.4 Å². The van der Waals surface area contributed by atoms with Crippen LogP contribution in [0.5, 0.6) is 0 Å². The van der Waals surface area contributed by atoms with Gasteiger partial charge in [-0.15, -0.1) is 11.3 Å². The number of carbonyl (C=O) groups excluding carboxylic acids is 1. The van der Waals surface area contributed by atoms with Crippen LogP contribution in [0.2, 0.25) is 5.02 Å². The van der Waals surface area contributed by atoms with Crippen LogP contribution in [0.4, 0.5) is 11.4 Å². The SMILES string of the molecule is C[C@@H](C(=O)Nc1cc([N+](=O)[O-])ccc1Cl)N1CCN(S(=O)(=O)c2cccs2)CC1. The first-order valence-electron chi connectivity index (χ1n) is 8.72. The fourth-order valence-electron chi connectivity index (χ4n) is 2.99. The molecule has 1 fully saturated rings. The van der Waals surface area contributed by atoms with E-state index in [2.05, 4.69) is 5.32 Å². The first-order valence-corrected chi connectivity index (χ1v) is 11.4. The number of non-ortho nitro benzene ring substituents is 1. The second kappa shape index (κ2) is 8.76. The highest BCUT2D eigenvalue weighted by Crippen LogP contribution is 2.27. The second-order valence-corrected chi connectivity index (χ2v) is 9.98. The Morgan fingerprint density at radius 1 is 1.28 bits per heavy atom. The number of piperazine rings is 1. The second-order valence-electron chi connectivity index (χ2n) is 6.46. The van der Waals surface area contributed by atoms with E-state index in [-0.39, 0.29) is 35.4 Å². The van der Waals surface area contributed by atoms with Crippen molar-refractivity contribution in [2.24, 2.45) is 0 Å². The molecule has 0 aliphatic carbocycles. The Labute approximate surface area is 177 Å². The Morgan fingerprint density at radius 2 is 1.97 bits per heavy atom. The zero-order valence-electron chi connectivity index (χ0n) is 15.4. The van der Waals surface area contributed by atoms with Crippen molar-refractivity contribution in [2.45, 2.75) is 17.2 Å². The van der Waals surface area contributed by atoms with Crippen molar-refractivity contribution < 1.29 is 18.1 Å². The highest BCUT2D eigenvalue weighted by molar-refractivity contribution is 7.91. The number of thiophene rings is 1. The summed E-state index contributed by atoms with van der Waals surface area (Å²) >= 11 is 7.20. The minimum atomic E-state index is -3.51. The standard InChI is InChI=1S/C17H19ClN4O5S2/c1-12(17(23)19-15-11-13(22(24)25)4-5-14(15)18)20-6-8-21(9-7-20)29(26,27)16-3-2-10-28-16/h2-5,10-12H,6-9H2,1H3,(H,19,23)/t12-/m0/s1. The molecule has 1 aromatic heterocycles. The summed E-state index contributed by atoms with van der Waals surface area (Å²) in [4.78, 5) is 24.8. The maximum Gasteiger partial charge on any atom is 0.271 e. The highest BCUT2D eigenvalue weighted by Gasteiger charge is 2.32. The monoisotopic (exact) mass is 458 g/mol. The van der Waals surface area contributed by atoms with E-state index < -0.39 is 21.0 Å². The lowest BCUT2D eigenvalue weighted by Crippen LogP contribution is -2.53.